The molecule has 0 amide bonds. The predicted molar refractivity (Wildman–Crippen MR) is 97.8 cm³/mol. The van der Waals surface area contributed by atoms with Crippen molar-refractivity contribution in [2.24, 2.45) is 0 Å². The van der Waals surface area contributed by atoms with Crippen LogP contribution in [0.15, 0.2) is 48.8 Å². The van der Waals surface area contributed by atoms with Crippen LogP contribution in [0.5, 0.6) is 5.75 Å². The molecule has 29 heavy (non-hydrogen) atoms. The maximum atomic E-state index is 12.7. The smallest absolute Gasteiger partial charge is 0.417 e. The molecule has 0 fully saturated rings. The van der Waals surface area contributed by atoms with Crippen molar-refractivity contribution in [1.82, 2.24) is 14.8 Å². The Morgan fingerprint density at radius 1 is 1.14 bits per heavy atom. The van der Waals surface area contributed by atoms with Crippen molar-refractivity contribution < 1.29 is 27.4 Å². The topological polar surface area (TPSA) is 66.2 Å². The lowest BCUT2D eigenvalue weighted by Gasteiger charge is -2.10. The number of benzene rings is 1. The first-order chi connectivity index (χ1) is 13.8. The Balaban J connectivity index is 1.74. The van der Waals surface area contributed by atoms with Crippen LogP contribution in [0, 0.1) is 6.92 Å². The highest BCUT2D eigenvalue weighted by Gasteiger charge is 2.30. The third kappa shape index (κ3) is 4.56. The van der Waals surface area contributed by atoms with Gasteiger partial charge in [-0.15, -0.1) is 0 Å². The number of nitrogens with zero attached hydrogens (tertiary/aromatic N) is 3. The largest absolute Gasteiger partial charge is 0.493 e. The zero-order valence-corrected chi connectivity index (χ0v) is 15.7. The summed E-state index contributed by atoms with van der Waals surface area (Å²) in [6.45, 7) is 3.96. The van der Waals surface area contributed by atoms with E-state index in [0.29, 0.717) is 18.1 Å². The monoisotopic (exact) mass is 405 g/mol. The molecule has 3 aromatic rings. The molecule has 0 aliphatic carbocycles. The normalized spacial score (nSPS) is 11.3. The molecule has 2 heterocycles. The van der Waals surface area contributed by atoms with Gasteiger partial charge in [0.05, 0.1) is 24.1 Å². The number of carbonyl (C=O) groups is 1. The van der Waals surface area contributed by atoms with Gasteiger partial charge in [0.25, 0.3) is 0 Å². The van der Waals surface area contributed by atoms with Crippen LogP contribution >= 0.6 is 0 Å². The molecule has 2 aromatic heterocycles. The lowest BCUT2D eigenvalue weighted by Crippen LogP contribution is -2.10. The van der Waals surface area contributed by atoms with Gasteiger partial charge in [0.15, 0.2) is 5.82 Å². The minimum Gasteiger partial charge on any atom is -0.493 e. The first-order valence-corrected chi connectivity index (χ1v) is 8.77. The Morgan fingerprint density at radius 3 is 2.55 bits per heavy atom. The molecular formula is C20H18F3N3O3. The molecule has 0 saturated carbocycles. The van der Waals surface area contributed by atoms with Gasteiger partial charge in [-0.3, -0.25) is 0 Å². The van der Waals surface area contributed by atoms with Crippen LogP contribution in [0.25, 0.3) is 5.82 Å². The fourth-order valence-electron chi connectivity index (χ4n) is 2.66. The molecule has 6 nitrogen and oxygen atoms in total. The molecule has 0 aliphatic rings. The van der Waals surface area contributed by atoms with Gasteiger partial charge in [-0.2, -0.15) is 18.3 Å². The maximum Gasteiger partial charge on any atom is 0.417 e. The van der Waals surface area contributed by atoms with E-state index in [4.69, 9.17) is 9.47 Å². The number of alkyl halides is 3. The second-order valence-electron chi connectivity index (χ2n) is 6.08. The first kappa shape index (κ1) is 20.4. The molecule has 0 spiro atoms. The summed E-state index contributed by atoms with van der Waals surface area (Å²) in [5.74, 6) is 0.187. The number of esters is 1. The second-order valence-corrected chi connectivity index (χ2v) is 6.08. The van der Waals surface area contributed by atoms with E-state index in [9.17, 15) is 18.0 Å². The lowest BCUT2D eigenvalue weighted by molar-refractivity contribution is -0.137. The van der Waals surface area contributed by atoms with E-state index in [-0.39, 0.29) is 18.0 Å². The van der Waals surface area contributed by atoms with Crippen molar-refractivity contribution in [3.8, 4) is 11.6 Å². The molecule has 0 atom stereocenters. The summed E-state index contributed by atoms with van der Waals surface area (Å²) < 4.78 is 50.2. The number of halogens is 3. The third-order valence-electron chi connectivity index (χ3n) is 4.15. The predicted octanol–water partition coefficient (Wildman–Crippen LogP) is 4.35. The van der Waals surface area contributed by atoms with E-state index in [1.54, 1.807) is 19.1 Å². The SMILES string of the molecule is CCOc1ccccc1COC(=O)c1cnn(-c2ccc(C(F)(F)F)cn2)c1C. The molecule has 3 rings (SSSR count). The quantitative estimate of drug-likeness (QED) is 0.571. The highest BCUT2D eigenvalue weighted by molar-refractivity contribution is 5.90. The average molecular weight is 405 g/mol. The first-order valence-electron chi connectivity index (χ1n) is 8.77. The highest BCUT2D eigenvalue weighted by Crippen LogP contribution is 2.29. The summed E-state index contributed by atoms with van der Waals surface area (Å²) in [6, 6.07) is 9.31. The van der Waals surface area contributed by atoms with Crippen LogP contribution in [0.1, 0.15) is 34.1 Å². The van der Waals surface area contributed by atoms with E-state index in [2.05, 4.69) is 10.1 Å². The fourth-order valence-corrected chi connectivity index (χ4v) is 2.66. The summed E-state index contributed by atoms with van der Waals surface area (Å²) in [6.07, 6.45) is -2.46. The number of aromatic nitrogens is 3. The summed E-state index contributed by atoms with van der Waals surface area (Å²) in [5.41, 5.74) is 0.455. The van der Waals surface area contributed by atoms with Crippen LogP contribution in [0.3, 0.4) is 0 Å². The van der Waals surface area contributed by atoms with Crippen LogP contribution in [0.4, 0.5) is 13.2 Å². The highest BCUT2D eigenvalue weighted by atomic mass is 19.4. The number of para-hydroxylation sites is 1. The average Bonchev–Trinajstić information content (AvgIpc) is 3.08. The van der Waals surface area contributed by atoms with Crippen LogP contribution in [-0.4, -0.2) is 27.3 Å². The molecule has 0 aliphatic heterocycles. The van der Waals surface area contributed by atoms with Crippen molar-refractivity contribution in [3.05, 3.63) is 71.2 Å². The number of hydrogen-bond donors (Lipinski definition) is 0. The number of hydrogen-bond acceptors (Lipinski definition) is 5. The molecule has 1 aromatic carbocycles. The van der Waals surface area contributed by atoms with Crippen molar-refractivity contribution in [2.45, 2.75) is 26.6 Å². The minimum absolute atomic E-state index is 0.0121. The van der Waals surface area contributed by atoms with Gasteiger partial charge in [-0.1, -0.05) is 18.2 Å². The zero-order valence-electron chi connectivity index (χ0n) is 15.7. The summed E-state index contributed by atoms with van der Waals surface area (Å²) in [4.78, 5) is 16.2. The molecule has 9 heteroatoms. The summed E-state index contributed by atoms with van der Waals surface area (Å²) >= 11 is 0. The lowest BCUT2D eigenvalue weighted by atomic mass is 10.2. The minimum atomic E-state index is -4.47. The van der Waals surface area contributed by atoms with Crippen LogP contribution < -0.4 is 4.74 Å². The van der Waals surface area contributed by atoms with E-state index in [1.807, 2.05) is 19.1 Å². The Hall–Kier alpha value is -3.36. The zero-order chi connectivity index (χ0) is 21.0. The summed E-state index contributed by atoms with van der Waals surface area (Å²) in [5, 5.41) is 4.05. The van der Waals surface area contributed by atoms with Gasteiger partial charge in [0.1, 0.15) is 17.9 Å². The fraction of sp³-hybridized carbons (Fsp3) is 0.250. The number of carbonyl (C=O) groups excluding carboxylic acids is 1. The van der Waals surface area contributed by atoms with Gasteiger partial charge >= 0.3 is 12.1 Å². The van der Waals surface area contributed by atoms with Gasteiger partial charge in [0, 0.05) is 11.8 Å². The van der Waals surface area contributed by atoms with Crippen molar-refractivity contribution in [2.75, 3.05) is 6.61 Å². The van der Waals surface area contributed by atoms with Crippen LogP contribution in [0.2, 0.25) is 0 Å². The Morgan fingerprint density at radius 2 is 1.90 bits per heavy atom. The molecular weight excluding hydrogens is 387 g/mol. The van der Waals surface area contributed by atoms with E-state index < -0.39 is 17.7 Å². The molecule has 0 unspecified atom stereocenters. The number of ether oxygens (including phenoxy) is 2. The van der Waals surface area contributed by atoms with Gasteiger partial charge in [-0.05, 0) is 32.0 Å². The van der Waals surface area contributed by atoms with Gasteiger partial charge in [-0.25, -0.2) is 14.5 Å². The van der Waals surface area contributed by atoms with Crippen molar-refractivity contribution in [3.63, 3.8) is 0 Å². The third-order valence-corrected chi connectivity index (χ3v) is 4.15. The molecule has 0 bridgehead atoms. The van der Waals surface area contributed by atoms with Crippen LogP contribution in [-0.2, 0) is 17.5 Å². The molecule has 0 radical (unpaired) electrons. The Labute approximate surface area is 164 Å². The Kier molecular flexibility index (Phi) is 5.86. The maximum absolute atomic E-state index is 12.7. The van der Waals surface area contributed by atoms with E-state index >= 15 is 0 Å². The second kappa shape index (κ2) is 8.34. The standard InChI is InChI=1S/C20H18F3N3O3/c1-3-28-17-7-5-4-6-14(17)12-29-19(27)16-11-25-26(13(16)2)18-9-8-15(10-24-18)20(21,22)23/h4-11H,3,12H2,1-2H3. The van der Waals surface area contributed by atoms with Gasteiger partial charge in [0.2, 0.25) is 0 Å². The Bertz CT molecular complexity index is 998. The molecule has 152 valence electrons. The number of pyridine rings is 1. The van der Waals surface area contributed by atoms with E-state index in [0.717, 1.165) is 17.8 Å². The number of rotatable bonds is 6. The van der Waals surface area contributed by atoms with Crippen molar-refractivity contribution in [1.29, 1.82) is 0 Å². The van der Waals surface area contributed by atoms with E-state index in [1.165, 1.54) is 16.9 Å². The van der Waals surface area contributed by atoms with Crippen molar-refractivity contribution >= 4 is 5.97 Å². The molecule has 0 N–H and O–H groups in total. The van der Waals surface area contributed by atoms with Gasteiger partial charge < -0.3 is 9.47 Å². The molecule has 0 saturated heterocycles. The summed E-state index contributed by atoms with van der Waals surface area (Å²) in [7, 11) is 0.